The number of nitrogens with one attached hydrogen (secondary N) is 1. The van der Waals surface area contributed by atoms with Gasteiger partial charge in [-0.1, -0.05) is 12.1 Å². The topological polar surface area (TPSA) is 76.8 Å². The molecule has 1 aliphatic rings. The molecule has 0 amide bonds. The second-order valence-corrected chi connectivity index (χ2v) is 5.97. The summed E-state index contributed by atoms with van der Waals surface area (Å²) in [5, 5.41) is 5.22. The van der Waals surface area contributed by atoms with Crippen LogP contribution in [0.25, 0.3) is 22.5 Å². The Bertz CT molecular complexity index is 850. The van der Waals surface area contributed by atoms with Crippen molar-refractivity contribution < 1.29 is 9.26 Å². The van der Waals surface area contributed by atoms with Gasteiger partial charge < -0.3 is 14.2 Å². The van der Waals surface area contributed by atoms with Crippen LogP contribution in [0.15, 0.2) is 10.7 Å². The molecule has 0 radical (unpaired) electrons. The maximum Gasteiger partial charge on any atom is 0.276 e. The summed E-state index contributed by atoms with van der Waals surface area (Å²) >= 11 is 0. The molecule has 1 aliphatic carbocycles. The van der Waals surface area contributed by atoms with Gasteiger partial charge in [-0.15, -0.1) is 0 Å². The molecule has 0 atom stereocenters. The number of rotatable bonds is 4. The molecule has 120 valence electrons. The number of aryl methyl sites for hydroxylation is 3. The lowest BCUT2D eigenvalue weighted by molar-refractivity contribution is 0.186. The van der Waals surface area contributed by atoms with Gasteiger partial charge in [0.25, 0.3) is 5.89 Å². The Morgan fingerprint density at radius 1 is 1.30 bits per heavy atom. The number of fused-ring (bicyclic) bond motifs is 3. The largest absolute Gasteiger partial charge is 0.380 e. The molecule has 3 aromatic rings. The number of aromatic nitrogens is 4. The molecule has 23 heavy (non-hydrogen) atoms. The molecule has 0 aliphatic heterocycles. The average Bonchev–Trinajstić information content (AvgIpc) is 3.19. The van der Waals surface area contributed by atoms with Crippen LogP contribution >= 0.6 is 0 Å². The van der Waals surface area contributed by atoms with Gasteiger partial charge >= 0.3 is 0 Å². The molecule has 0 spiro atoms. The zero-order valence-corrected chi connectivity index (χ0v) is 13.5. The molecule has 0 saturated heterocycles. The number of H-pyrrole nitrogens is 1. The maximum atomic E-state index is 5.45. The van der Waals surface area contributed by atoms with E-state index < -0.39 is 0 Å². The molecular formula is C17H20N4O2. The lowest BCUT2D eigenvalue weighted by Crippen LogP contribution is -2.02. The number of nitrogens with zero attached hydrogens (tertiary/aromatic N) is 3. The Labute approximate surface area is 134 Å². The highest BCUT2D eigenvalue weighted by Gasteiger charge is 2.23. The Balaban J connectivity index is 1.95. The van der Waals surface area contributed by atoms with E-state index in [1.165, 1.54) is 29.5 Å². The number of aromatic amines is 1. The minimum absolute atomic E-state index is 0.474. The zero-order chi connectivity index (χ0) is 15.8. The van der Waals surface area contributed by atoms with Gasteiger partial charge in [0.15, 0.2) is 5.82 Å². The molecule has 4 rings (SSSR count). The van der Waals surface area contributed by atoms with E-state index in [1.54, 1.807) is 7.11 Å². The Morgan fingerprint density at radius 2 is 2.17 bits per heavy atom. The van der Waals surface area contributed by atoms with E-state index in [9.17, 15) is 0 Å². The lowest BCUT2D eigenvalue weighted by Gasteiger charge is -2.13. The molecular weight excluding hydrogens is 292 g/mol. The van der Waals surface area contributed by atoms with Crippen molar-refractivity contribution in [2.45, 2.75) is 45.6 Å². The van der Waals surface area contributed by atoms with Crippen LogP contribution in [-0.4, -0.2) is 27.2 Å². The van der Waals surface area contributed by atoms with Gasteiger partial charge in [0, 0.05) is 30.2 Å². The molecule has 1 N–H and O–H groups in total. The van der Waals surface area contributed by atoms with E-state index in [2.05, 4.69) is 20.1 Å². The van der Waals surface area contributed by atoms with Gasteiger partial charge in [0.05, 0.1) is 18.3 Å². The van der Waals surface area contributed by atoms with Crippen molar-refractivity contribution in [3.05, 3.63) is 28.8 Å². The van der Waals surface area contributed by atoms with E-state index in [0.717, 1.165) is 36.0 Å². The van der Waals surface area contributed by atoms with Crippen LogP contribution in [0.4, 0.5) is 0 Å². The summed E-state index contributed by atoms with van der Waals surface area (Å²) < 4.78 is 10.9. The molecule has 0 bridgehead atoms. The van der Waals surface area contributed by atoms with Crippen LogP contribution in [0.1, 0.15) is 42.4 Å². The van der Waals surface area contributed by atoms with Crippen molar-refractivity contribution in [3.8, 4) is 11.6 Å². The van der Waals surface area contributed by atoms with Crippen molar-refractivity contribution in [3.63, 3.8) is 0 Å². The number of hydrogen-bond donors (Lipinski definition) is 1. The van der Waals surface area contributed by atoms with Gasteiger partial charge in [-0.05, 0) is 31.2 Å². The monoisotopic (exact) mass is 312 g/mol. The molecule has 0 unspecified atom stereocenters. The smallest absolute Gasteiger partial charge is 0.276 e. The first-order valence-electron chi connectivity index (χ1n) is 8.15. The Morgan fingerprint density at radius 3 is 2.96 bits per heavy atom. The summed E-state index contributed by atoms with van der Waals surface area (Å²) in [6.45, 7) is 2.48. The normalized spacial score (nSPS) is 14.3. The molecule has 0 aromatic carbocycles. The quantitative estimate of drug-likeness (QED) is 0.800. The van der Waals surface area contributed by atoms with E-state index in [0.29, 0.717) is 18.3 Å². The minimum Gasteiger partial charge on any atom is -0.380 e. The summed E-state index contributed by atoms with van der Waals surface area (Å²) in [6.07, 6.45) is 7.28. The highest BCUT2D eigenvalue weighted by Crippen LogP contribution is 2.35. The van der Waals surface area contributed by atoms with Crippen LogP contribution < -0.4 is 0 Å². The van der Waals surface area contributed by atoms with Crippen molar-refractivity contribution in [2.75, 3.05) is 7.11 Å². The third-order valence-corrected chi connectivity index (χ3v) is 4.51. The van der Waals surface area contributed by atoms with E-state index in [-0.39, 0.29) is 0 Å². The third-order valence-electron chi connectivity index (χ3n) is 4.51. The van der Waals surface area contributed by atoms with E-state index in [1.807, 2.05) is 13.1 Å². The Kier molecular flexibility index (Phi) is 3.61. The van der Waals surface area contributed by atoms with Gasteiger partial charge in [0.2, 0.25) is 0 Å². The maximum absolute atomic E-state index is 5.45. The van der Waals surface area contributed by atoms with Crippen LogP contribution in [0, 0.1) is 0 Å². The minimum atomic E-state index is 0.474. The molecule has 6 nitrogen and oxygen atoms in total. The molecule has 3 heterocycles. The number of methoxy groups -OCH3 is 1. The summed E-state index contributed by atoms with van der Waals surface area (Å²) in [6, 6.07) is 0. The van der Waals surface area contributed by atoms with Crippen molar-refractivity contribution in [1.29, 1.82) is 0 Å². The van der Waals surface area contributed by atoms with Crippen LogP contribution in [0.2, 0.25) is 0 Å². The summed E-state index contributed by atoms with van der Waals surface area (Å²) in [5.41, 5.74) is 5.58. The lowest BCUT2D eigenvalue weighted by atomic mass is 9.93. The fraction of sp³-hybridized carbons (Fsp3) is 0.471. The molecule has 6 heteroatoms. The van der Waals surface area contributed by atoms with Gasteiger partial charge in [-0.25, -0.2) is 4.98 Å². The predicted octanol–water partition coefficient (Wildman–Crippen LogP) is 3.20. The van der Waals surface area contributed by atoms with Crippen LogP contribution in [0.5, 0.6) is 0 Å². The zero-order valence-electron chi connectivity index (χ0n) is 13.5. The fourth-order valence-corrected chi connectivity index (χ4v) is 3.44. The second-order valence-electron chi connectivity index (χ2n) is 5.97. The second kappa shape index (κ2) is 5.77. The van der Waals surface area contributed by atoms with Gasteiger partial charge in [0.1, 0.15) is 5.69 Å². The first kappa shape index (κ1) is 14.4. The van der Waals surface area contributed by atoms with E-state index in [4.69, 9.17) is 9.26 Å². The van der Waals surface area contributed by atoms with Crippen molar-refractivity contribution in [2.24, 2.45) is 0 Å². The van der Waals surface area contributed by atoms with Crippen molar-refractivity contribution in [1.82, 2.24) is 20.1 Å². The van der Waals surface area contributed by atoms with Gasteiger partial charge in [-0.2, -0.15) is 4.98 Å². The standard InChI is InChI=1S/C17H20N4O2/c1-3-14-20-17(23-21-14)16-11(9-22-2)15-10-6-4-5-7-12(10)19-13(15)8-18-16/h8,19H,3-7,9H2,1-2H3. The average molecular weight is 312 g/mol. The van der Waals surface area contributed by atoms with E-state index >= 15 is 0 Å². The van der Waals surface area contributed by atoms with Crippen LogP contribution in [0.3, 0.4) is 0 Å². The number of ether oxygens (including phenoxy) is 1. The number of pyridine rings is 1. The Hall–Kier alpha value is -2.21. The summed E-state index contributed by atoms with van der Waals surface area (Å²) in [7, 11) is 1.70. The highest BCUT2D eigenvalue weighted by atomic mass is 16.5. The number of hydrogen-bond acceptors (Lipinski definition) is 5. The summed E-state index contributed by atoms with van der Waals surface area (Å²) in [4.78, 5) is 12.5. The van der Waals surface area contributed by atoms with Crippen molar-refractivity contribution >= 4 is 10.9 Å². The summed E-state index contributed by atoms with van der Waals surface area (Å²) in [5.74, 6) is 1.17. The first-order valence-corrected chi connectivity index (χ1v) is 8.15. The SMILES string of the molecule is CCc1noc(-c2ncc3[nH]c4c(c3c2COC)CCCC4)n1. The van der Waals surface area contributed by atoms with Gasteiger partial charge in [-0.3, -0.25) is 0 Å². The molecule has 0 fully saturated rings. The molecule has 0 saturated carbocycles. The molecule has 3 aromatic heterocycles. The predicted molar refractivity (Wildman–Crippen MR) is 86.1 cm³/mol. The fourth-order valence-electron chi connectivity index (χ4n) is 3.44. The third kappa shape index (κ3) is 2.34. The first-order chi connectivity index (χ1) is 11.3. The highest BCUT2D eigenvalue weighted by molar-refractivity contribution is 5.91. The van der Waals surface area contributed by atoms with Crippen LogP contribution in [-0.2, 0) is 30.6 Å².